The SMILES string of the molecule is CCNC(=NCCCOCc1ccco1)NCCc1ccc(C)c(OC)c1. The Morgan fingerprint density at radius 1 is 1.22 bits per heavy atom. The zero-order valence-corrected chi connectivity index (χ0v) is 16.6. The molecule has 0 radical (unpaired) electrons. The van der Waals surface area contributed by atoms with E-state index < -0.39 is 0 Å². The zero-order chi connectivity index (χ0) is 19.3. The number of aryl methyl sites for hydroxylation is 1. The number of nitrogens with one attached hydrogen (secondary N) is 2. The van der Waals surface area contributed by atoms with Crippen LogP contribution in [0.25, 0.3) is 0 Å². The van der Waals surface area contributed by atoms with Crippen LogP contribution < -0.4 is 15.4 Å². The fraction of sp³-hybridized carbons (Fsp3) is 0.476. The van der Waals surface area contributed by atoms with E-state index in [4.69, 9.17) is 13.9 Å². The first-order chi connectivity index (χ1) is 13.2. The van der Waals surface area contributed by atoms with E-state index in [1.807, 2.05) is 12.1 Å². The van der Waals surface area contributed by atoms with Crippen LogP contribution in [0.1, 0.15) is 30.2 Å². The normalized spacial score (nSPS) is 11.4. The number of nitrogens with zero attached hydrogens (tertiary/aromatic N) is 1. The Hall–Kier alpha value is -2.47. The minimum absolute atomic E-state index is 0.509. The summed E-state index contributed by atoms with van der Waals surface area (Å²) < 4.78 is 16.2. The maximum Gasteiger partial charge on any atom is 0.191 e. The largest absolute Gasteiger partial charge is 0.496 e. The van der Waals surface area contributed by atoms with Crippen LogP contribution in [0.3, 0.4) is 0 Å². The average Bonchev–Trinajstić information content (AvgIpc) is 3.19. The van der Waals surface area contributed by atoms with Crippen molar-refractivity contribution >= 4 is 5.96 Å². The summed E-state index contributed by atoms with van der Waals surface area (Å²) in [4.78, 5) is 4.59. The summed E-state index contributed by atoms with van der Waals surface area (Å²) in [6, 6.07) is 10.1. The maximum atomic E-state index is 5.57. The molecule has 0 bridgehead atoms. The molecule has 0 saturated carbocycles. The molecule has 1 heterocycles. The van der Waals surface area contributed by atoms with Gasteiger partial charge in [0.15, 0.2) is 5.96 Å². The van der Waals surface area contributed by atoms with Crippen molar-refractivity contribution in [1.82, 2.24) is 10.6 Å². The Balaban J connectivity index is 1.68. The van der Waals surface area contributed by atoms with E-state index in [-0.39, 0.29) is 0 Å². The Morgan fingerprint density at radius 3 is 2.85 bits per heavy atom. The average molecular weight is 373 g/mol. The van der Waals surface area contributed by atoms with E-state index in [2.05, 4.69) is 47.7 Å². The summed E-state index contributed by atoms with van der Waals surface area (Å²) in [5.74, 6) is 2.62. The quantitative estimate of drug-likeness (QED) is 0.359. The number of aliphatic imine (C=N–C) groups is 1. The summed E-state index contributed by atoms with van der Waals surface area (Å²) in [5, 5.41) is 6.65. The van der Waals surface area contributed by atoms with Gasteiger partial charge in [-0.05, 0) is 56.0 Å². The third-order valence-corrected chi connectivity index (χ3v) is 4.06. The van der Waals surface area contributed by atoms with E-state index in [9.17, 15) is 0 Å². The van der Waals surface area contributed by atoms with Crippen LogP contribution in [-0.4, -0.2) is 39.3 Å². The fourth-order valence-electron chi connectivity index (χ4n) is 2.61. The Kier molecular flexibility index (Phi) is 9.27. The highest BCUT2D eigenvalue weighted by molar-refractivity contribution is 5.79. The van der Waals surface area contributed by atoms with E-state index in [0.717, 1.165) is 49.0 Å². The predicted molar refractivity (Wildman–Crippen MR) is 108 cm³/mol. The molecule has 0 aliphatic carbocycles. The molecular weight excluding hydrogens is 342 g/mol. The van der Waals surface area contributed by atoms with Gasteiger partial charge in [-0.2, -0.15) is 0 Å². The van der Waals surface area contributed by atoms with Crippen LogP contribution in [0.2, 0.25) is 0 Å². The first kappa shape index (κ1) is 20.8. The predicted octanol–water partition coefficient (Wildman–Crippen LogP) is 3.30. The summed E-state index contributed by atoms with van der Waals surface area (Å²) in [6.07, 6.45) is 3.43. The highest BCUT2D eigenvalue weighted by atomic mass is 16.5. The second-order valence-electron chi connectivity index (χ2n) is 6.23. The molecule has 2 rings (SSSR count). The molecule has 0 aliphatic rings. The van der Waals surface area contributed by atoms with Gasteiger partial charge < -0.3 is 24.5 Å². The summed E-state index contributed by atoms with van der Waals surface area (Å²) in [6.45, 7) is 7.64. The lowest BCUT2D eigenvalue weighted by Gasteiger charge is -2.12. The molecule has 27 heavy (non-hydrogen) atoms. The molecule has 2 N–H and O–H groups in total. The molecule has 0 aliphatic heterocycles. The van der Waals surface area contributed by atoms with Gasteiger partial charge in [0.1, 0.15) is 18.1 Å². The van der Waals surface area contributed by atoms with Gasteiger partial charge >= 0.3 is 0 Å². The fourth-order valence-corrected chi connectivity index (χ4v) is 2.61. The Morgan fingerprint density at radius 2 is 2.11 bits per heavy atom. The molecule has 148 valence electrons. The highest BCUT2D eigenvalue weighted by Gasteiger charge is 2.02. The summed E-state index contributed by atoms with van der Waals surface area (Å²) >= 11 is 0. The van der Waals surface area contributed by atoms with Gasteiger partial charge in [-0.1, -0.05) is 12.1 Å². The van der Waals surface area contributed by atoms with E-state index in [1.54, 1.807) is 13.4 Å². The van der Waals surface area contributed by atoms with E-state index in [0.29, 0.717) is 19.8 Å². The number of benzene rings is 1. The molecule has 0 unspecified atom stereocenters. The van der Waals surface area contributed by atoms with Gasteiger partial charge in [0.05, 0.1) is 13.4 Å². The molecule has 6 nitrogen and oxygen atoms in total. The van der Waals surface area contributed by atoms with Crippen LogP contribution in [0.5, 0.6) is 5.75 Å². The molecule has 1 aromatic heterocycles. The van der Waals surface area contributed by atoms with Crippen molar-refractivity contribution in [3.05, 3.63) is 53.5 Å². The second kappa shape index (κ2) is 12.0. The second-order valence-corrected chi connectivity index (χ2v) is 6.23. The van der Waals surface area contributed by atoms with Gasteiger partial charge in [0.2, 0.25) is 0 Å². The van der Waals surface area contributed by atoms with Crippen molar-refractivity contribution in [2.24, 2.45) is 4.99 Å². The lowest BCUT2D eigenvalue weighted by atomic mass is 10.1. The van der Waals surface area contributed by atoms with Gasteiger partial charge in [-0.25, -0.2) is 0 Å². The molecular formula is C21H31N3O3. The van der Waals surface area contributed by atoms with Crippen molar-refractivity contribution in [3.63, 3.8) is 0 Å². The number of ether oxygens (including phenoxy) is 2. The van der Waals surface area contributed by atoms with Crippen LogP contribution in [-0.2, 0) is 17.8 Å². The van der Waals surface area contributed by atoms with Crippen molar-refractivity contribution < 1.29 is 13.9 Å². The maximum absolute atomic E-state index is 5.57. The van der Waals surface area contributed by atoms with Gasteiger partial charge in [-0.15, -0.1) is 0 Å². The van der Waals surface area contributed by atoms with Crippen LogP contribution >= 0.6 is 0 Å². The number of hydrogen-bond donors (Lipinski definition) is 2. The van der Waals surface area contributed by atoms with E-state index >= 15 is 0 Å². The van der Waals surface area contributed by atoms with Crippen molar-refractivity contribution in [3.8, 4) is 5.75 Å². The molecule has 0 amide bonds. The van der Waals surface area contributed by atoms with Crippen LogP contribution in [0, 0.1) is 6.92 Å². The molecule has 2 aromatic rings. The summed E-state index contributed by atoms with van der Waals surface area (Å²) in [5.41, 5.74) is 2.39. The summed E-state index contributed by atoms with van der Waals surface area (Å²) in [7, 11) is 1.71. The first-order valence-corrected chi connectivity index (χ1v) is 9.48. The van der Waals surface area contributed by atoms with Crippen molar-refractivity contribution in [2.45, 2.75) is 33.3 Å². The number of methoxy groups -OCH3 is 1. The molecule has 0 atom stereocenters. The van der Waals surface area contributed by atoms with E-state index in [1.165, 1.54) is 5.56 Å². The lowest BCUT2D eigenvalue weighted by Crippen LogP contribution is -2.38. The number of hydrogen-bond acceptors (Lipinski definition) is 4. The molecule has 0 spiro atoms. The smallest absolute Gasteiger partial charge is 0.191 e. The first-order valence-electron chi connectivity index (χ1n) is 9.48. The molecule has 6 heteroatoms. The third-order valence-electron chi connectivity index (χ3n) is 4.06. The molecule has 0 saturated heterocycles. The van der Waals surface area contributed by atoms with Gasteiger partial charge in [-0.3, -0.25) is 4.99 Å². The minimum Gasteiger partial charge on any atom is -0.496 e. The topological polar surface area (TPSA) is 68.0 Å². The van der Waals surface area contributed by atoms with Crippen molar-refractivity contribution in [1.29, 1.82) is 0 Å². The third kappa shape index (κ3) is 7.74. The van der Waals surface area contributed by atoms with Crippen molar-refractivity contribution in [2.75, 3.05) is 33.4 Å². The lowest BCUT2D eigenvalue weighted by molar-refractivity contribution is 0.105. The number of guanidine groups is 1. The van der Waals surface area contributed by atoms with Gasteiger partial charge in [0.25, 0.3) is 0 Å². The number of rotatable bonds is 11. The highest BCUT2D eigenvalue weighted by Crippen LogP contribution is 2.18. The minimum atomic E-state index is 0.509. The Labute approximate surface area is 162 Å². The van der Waals surface area contributed by atoms with Crippen LogP contribution in [0.15, 0.2) is 46.0 Å². The monoisotopic (exact) mass is 373 g/mol. The standard InChI is InChI=1S/C21H31N3O3/c1-4-22-21(23-11-6-13-26-16-19-7-5-14-27-19)24-12-10-18-9-8-17(2)20(15-18)25-3/h5,7-9,14-15H,4,6,10-13,16H2,1-3H3,(H2,22,23,24). The zero-order valence-electron chi connectivity index (χ0n) is 16.6. The van der Waals surface area contributed by atoms with Crippen LogP contribution in [0.4, 0.5) is 0 Å². The molecule has 0 fully saturated rings. The Bertz CT molecular complexity index is 684. The molecule has 1 aromatic carbocycles. The van der Waals surface area contributed by atoms with Gasteiger partial charge in [0, 0.05) is 26.2 Å². The number of furan rings is 1.